The van der Waals surface area contributed by atoms with Crippen LogP contribution in [0.3, 0.4) is 0 Å². The van der Waals surface area contributed by atoms with Gasteiger partial charge in [-0.1, -0.05) is 72.3 Å². The predicted octanol–water partition coefficient (Wildman–Crippen LogP) is 7.08. The molecule has 0 saturated carbocycles. The summed E-state index contributed by atoms with van der Waals surface area (Å²) >= 11 is 8.58. The number of benzene rings is 3. The van der Waals surface area contributed by atoms with E-state index in [2.05, 4.69) is 17.1 Å². The number of aliphatic hydroxyl groups excluding tert-OH is 1. The van der Waals surface area contributed by atoms with Gasteiger partial charge in [0.1, 0.15) is 11.5 Å². The maximum atomic E-state index is 13.5. The van der Waals surface area contributed by atoms with Crippen LogP contribution in [0.2, 0.25) is 5.02 Å². The van der Waals surface area contributed by atoms with Gasteiger partial charge in [0.15, 0.2) is 4.34 Å². The first-order chi connectivity index (χ1) is 21.3. The van der Waals surface area contributed by atoms with Crippen molar-refractivity contribution >= 4 is 63.3 Å². The maximum Gasteiger partial charge on any atom is 0.337 e. The number of thioether (sulfide) groups is 1. The minimum atomic E-state index is -1.02. The number of amides is 1. The molecule has 3 aromatic carbocycles. The molecule has 9 nitrogen and oxygen atoms in total. The lowest BCUT2D eigenvalue weighted by molar-refractivity contribution is -0.132. The SMILES string of the molecule is CCCCOc1ccc(C(O)=C2C(=O)C(=O)N(c3nnc(SCc4ccc(Cl)cc4)s3)C2c2ccc(C(=O)OC)cc2)cc1. The zero-order valence-electron chi connectivity index (χ0n) is 23.9. The third kappa shape index (κ3) is 6.80. The van der Waals surface area contributed by atoms with E-state index in [9.17, 15) is 19.5 Å². The zero-order chi connectivity index (χ0) is 31.2. The molecule has 5 rings (SSSR count). The first-order valence-electron chi connectivity index (χ1n) is 13.7. The number of rotatable bonds is 11. The second-order valence-corrected chi connectivity index (χ2v) is 12.4. The van der Waals surface area contributed by atoms with Crippen molar-refractivity contribution in [3.05, 3.63) is 106 Å². The molecule has 226 valence electrons. The lowest BCUT2D eigenvalue weighted by Gasteiger charge is -2.22. The number of Topliss-reactive ketones (excluding diaryl/α,β-unsaturated/α-hetero) is 1. The van der Waals surface area contributed by atoms with E-state index in [1.54, 1.807) is 48.5 Å². The predicted molar refractivity (Wildman–Crippen MR) is 170 cm³/mol. The van der Waals surface area contributed by atoms with E-state index in [4.69, 9.17) is 21.1 Å². The van der Waals surface area contributed by atoms with Gasteiger partial charge in [0.05, 0.1) is 30.9 Å². The van der Waals surface area contributed by atoms with Crippen molar-refractivity contribution in [3.8, 4) is 5.75 Å². The second-order valence-electron chi connectivity index (χ2n) is 9.77. The molecule has 1 N–H and O–H groups in total. The van der Waals surface area contributed by atoms with Gasteiger partial charge in [0.2, 0.25) is 5.13 Å². The molecule has 0 bridgehead atoms. The van der Waals surface area contributed by atoms with Crippen molar-refractivity contribution in [3.63, 3.8) is 0 Å². The van der Waals surface area contributed by atoms with Gasteiger partial charge in [-0.05, 0) is 66.1 Å². The van der Waals surface area contributed by atoms with Gasteiger partial charge < -0.3 is 14.6 Å². The summed E-state index contributed by atoms with van der Waals surface area (Å²) in [6.45, 7) is 2.64. The Kier molecular flexibility index (Phi) is 9.99. The van der Waals surface area contributed by atoms with Crippen LogP contribution in [-0.2, 0) is 20.1 Å². The Morgan fingerprint density at radius 3 is 2.34 bits per heavy atom. The number of halogens is 1. The lowest BCUT2D eigenvalue weighted by atomic mass is 9.94. The summed E-state index contributed by atoms with van der Waals surface area (Å²) in [7, 11) is 1.28. The molecule has 1 unspecified atom stereocenters. The highest BCUT2D eigenvalue weighted by Crippen LogP contribution is 2.44. The molecule has 0 spiro atoms. The number of nitrogens with zero attached hydrogens (tertiary/aromatic N) is 3. The first kappa shape index (κ1) is 31.2. The van der Waals surface area contributed by atoms with Gasteiger partial charge in [0, 0.05) is 16.3 Å². The average Bonchev–Trinajstić information content (AvgIpc) is 3.62. The quantitative estimate of drug-likeness (QED) is 0.0346. The lowest BCUT2D eigenvalue weighted by Crippen LogP contribution is -2.29. The van der Waals surface area contributed by atoms with Crippen LogP contribution in [0, 0.1) is 0 Å². The highest BCUT2D eigenvalue weighted by atomic mass is 35.5. The van der Waals surface area contributed by atoms with Gasteiger partial charge in [-0.25, -0.2) is 4.79 Å². The van der Waals surface area contributed by atoms with Crippen LogP contribution in [0.1, 0.15) is 52.9 Å². The Hall–Kier alpha value is -4.19. The van der Waals surface area contributed by atoms with Crippen LogP contribution in [-0.4, -0.2) is 46.7 Å². The summed E-state index contributed by atoms with van der Waals surface area (Å²) in [5, 5.41) is 20.8. The summed E-state index contributed by atoms with van der Waals surface area (Å²) < 4.78 is 11.1. The molecule has 0 radical (unpaired) electrons. The number of methoxy groups -OCH3 is 1. The Labute approximate surface area is 267 Å². The van der Waals surface area contributed by atoms with E-state index < -0.39 is 23.7 Å². The highest BCUT2D eigenvalue weighted by Gasteiger charge is 2.48. The molecule has 1 aliphatic rings. The summed E-state index contributed by atoms with van der Waals surface area (Å²) in [5.41, 5.74) is 2.06. The van der Waals surface area contributed by atoms with Crippen LogP contribution in [0.5, 0.6) is 5.75 Å². The van der Waals surface area contributed by atoms with E-state index >= 15 is 0 Å². The highest BCUT2D eigenvalue weighted by molar-refractivity contribution is 8.00. The molecular formula is C32H28ClN3O6S2. The third-order valence-corrected chi connectivity index (χ3v) is 9.24. The fourth-order valence-corrected chi connectivity index (χ4v) is 6.50. The molecule has 1 fully saturated rings. The summed E-state index contributed by atoms with van der Waals surface area (Å²) in [6.07, 6.45) is 1.91. The van der Waals surface area contributed by atoms with Crippen molar-refractivity contribution in [1.82, 2.24) is 10.2 Å². The molecule has 1 aliphatic heterocycles. The number of carbonyl (C=O) groups excluding carboxylic acids is 3. The standard InChI is InChI=1S/C32H28ClN3O6S2/c1-3-4-17-42-24-15-11-21(12-16-24)27(37)25-26(20-7-9-22(10-8-20)30(40)41-2)36(29(39)28(25)38)31-34-35-32(44-31)43-18-19-5-13-23(33)14-6-19/h5-16,26,37H,3-4,17-18H2,1-2H3. The average molecular weight is 650 g/mol. The van der Waals surface area contributed by atoms with E-state index in [1.165, 1.54) is 35.9 Å². The van der Waals surface area contributed by atoms with Crippen molar-refractivity contribution < 1.29 is 29.0 Å². The minimum absolute atomic E-state index is 0.106. The first-order valence-corrected chi connectivity index (χ1v) is 15.9. The molecule has 2 heterocycles. The molecular weight excluding hydrogens is 622 g/mol. The van der Waals surface area contributed by atoms with E-state index in [0.29, 0.717) is 44.2 Å². The summed E-state index contributed by atoms with van der Waals surface area (Å²) in [6, 6.07) is 19.4. The van der Waals surface area contributed by atoms with E-state index in [0.717, 1.165) is 29.7 Å². The normalized spacial score (nSPS) is 15.9. The smallest absolute Gasteiger partial charge is 0.337 e. The Bertz CT molecular complexity index is 1690. The van der Waals surface area contributed by atoms with Crippen molar-refractivity contribution in [2.24, 2.45) is 0 Å². The van der Waals surface area contributed by atoms with Crippen LogP contribution < -0.4 is 9.64 Å². The topological polar surface area (TPSA) is 119 Å². The molecule has 1 aromatic heterocycles. The molecule has 1 saturated heterocycles. The van der Waals surface area contributed by atoms with Gasteiger partial charge >= 0.3 is 11.9 Å². The Morgan fingerprint density at radius 2 is 1.68 bits per heavy atom. The summed E-state index contributed by atoms with van der Waals surface area (Å²) in [5.74, 6) is -1.35. The minimum Gasteiger partial charge on any atom is -0.507 e. The number of unbranched alkanes of at least 4 members (excludes halogenated alkanes) is 1. The molecule has 12 heteroatoms. The summed E-state index contributed by atoms with van der Waals surface area (Å²) in [4.78, 5) is 40.4. The molecule has 0 aliphatic carbocycles. The van der Waals surface area contributed by atoms with Crippen molar-refractivity contribution in [2.75, 3.05) is 18.6 Å². The second kappa shape index (κ2) is 14.1. The number of ketones is 1. The van der Waals surface area contributed by atoms with Gasteiger partial charge in [-0.2, -0.15) is 0 Å². The monoisotopic (exact) mass is 649 g/mol. The number of esters is 1. The zero-order valence-corrected chi connectivity index (χ0v) is 26.2. The van der Waals surface area contributed by atoms with E-state index in [-0.39, 0.29) is 16.5 Å². The van der Waals surface area contributed by atoms with Crippen molar-refractivity contribution in [1.29, 1.82) is 0 Å². The number of aromatic nitrogens is 2. The number of anilines is 1. The van der Waals surface area contributed by atoms with Crippen LogP contribution in [0.15, 0.2) is 82.7 Å². The maximum absolute atomic E-state index is 13.5. The Morgan fingerprint density at radius 1 is 1.00 bits per heavy atom. The van der Waals surface area contributed by atoms with Crippen LogP contribution in [0.25, 0.3) is 5.76 Å². The number of hydrogen-bond donors (Lipinski definition) is 1. The molecule has 1 amide bonds. The van der Waals surface area contributed by atoms with Crippen molar-refractivity contribution in [2.45, 2.75) is 35.9 Å². The van der Waals surface area contributed by atoms with Gasteiger partial charge in [0.25, 0.3) is 5.78 Å². The largest absolute Gasteiger partial charge is 0.507 e. The third-order valence-electron chi connectivity index (χ3n) is 6.86. The molecule has 4 aromatic rings. The van der Waals surface area contributed by atoms with Gasteiger partial charge in [-0.3, -0.25) is 14.5 Å². The number of hydrogen-bond acceptors (Lipinski definition) is 10. The Balaban J connectivity index is 1.50. The van der Waals surface area contributed by atoms with Crippen LogP contribution in [0.4, 0.5) is 5.13 Å². The number of carbonyl (C=O) groups is 3. The van der Waals surface area contributed by atoms with Gasteiger partial charge in [-0.15, -0.1) is 10.2 Å². The molecule has 44 heavy (non-hydrogen) atoms. The number of ether oxygens (including phenoxy) is 2. The van der Waals surface area contributed by atoms with E-state index in [1.807, 2.05) is 12.1 Å². The fourth-order valence-electron chi connectivity index (χ4n) is 4.55. The fraction of sp³-hybridized carbons (Fsp3) is 0.219. The van der Waals surface area contributed by atoms with Crippen LogP contribution >= 0.6 is 34.7 Å². The molecule has 1 atom stereocenters. The number of aliphatic hydroxyl groups is 1.